The first kappa shape index (κ1) is 20.1. The van der Waals surface area contributed by atoms with Gasteiger partial charge >= 0.3 is 0 Å². The SMILES string of the molecule is CCn1ccc(C(=O)Nc2cccc(OCc3nnc(-c4ccc(OC)cc4)o3)c2)n1. The Morgan fingerprint density at radius 2 is 1.94 bits per heavy atom. The Morgan fingerprint density at radius 1 is 1.10 bits per heavy atom. The number of aryl methyl sites for hydroxylation is 1. The number of anilines is 1. The quantitative estimate of drug-likeness (QED) is 0.463. The average molecular weight is 419 g/mol. The van der Waals surface area contributed by atoms with Gasteiger partial charge in [-0.3, -0.25) is 9.48 Å². The Balaban J connectivity index is 1.37. The van der Waals surface area contributed by atoms with Crippen LogP contribution in [0.25, 0.3) is 11.5 Å². The van der Waals surface area contributed by atoms with E-state index >= 15 is 0 Å². The summed E-state index contributed by atoms with van der Waals surface area (Å²) in [5, 5.41) is 15.1. The van der Waals surface area contributed by atoms with Gasteiger partial charge in [0.05, 0.1) is 7.11 Å². The van der Waals surface area contributed by atoms with Crippen molar-refractivity contribution in [2.24, 2.45) is 0 Å². The minimum Gasteiger partial charge on any atom is -0.497 e. The third-order valence-electron chi connectivity index (χ3n) is 4.46. The molecule has 9 nitrogen and oxygen atoms in total. The van der Waals surface area contributed by atoms with E-state index in [9.17, 15) is 4.79 Å². The number of methoxy groups -OCH3 is 1. The highest BCUT2D eigenvalue weighted by Gasteiger charge is 2.12. The van der Waals surface area contributed by atoms with Crippen molar-refractivity contribution in [2.75, 3.05) is 12.4 Å². The summed E-state index contributed by atoms with van der Waals surface area (Å²) in [7, 11) is 1.61. The first-order chi connectivity index (χ1) is 15.1. The fourth-order valence-electron chi connectivity index (χ4n) is 2.82. The molecule has 0 radical (unpaired) electrons. The van der Waals surface area contributed by atoms with Crippen LogP contribution in [-0.2, 0) is 13.2 Å². The van der Waals surface area contributed by atoms with Gasteiger partial charge in [-0.05, 0) is 49.4 Å². The number of amides is 1. The van der Waals surface area contributed by atoms with Crippen LogP contribution in [0.1, 0.15) is 23.3 Å². The van der Waals surface area contributed by atoms with Gasteiger partial charge in [-0.25, -0.2) is 0 Å². The van der Waals surface area contributed by atoms with Crippen molar-refractivity contribution in [3.8, 4) is 23.0 Å². The van der Waals surface area contributed by atoms with Gasteiger partial charge in [-0.1, -0.05) is 6.07 Å². The predicted molar refractivity (Wildman–Crippen MR) is 113 cm³/mol. The number of nitrogens with zero attached hydrogens (tertiary/aromatic N) is 4. The van der Waals surface area contributed by atoms with Crippen LogP contribution >= 0.6 is 0 Å². The van der Waals surface area contributed by atoms with Crippen molar-refractivity contribution >= 4 is 11.6 Å². The molecule has 31 heavy (non-hydrogen) atoms. The van der Waals surface area contributed by atoms with Gasteiger partial charge < -0.3 is 19.2 Å². The maximum absolute atomic E-state index is 12.3. The molecule has 0 saturated heterocycles. The second-order valence-electron chi connectivity index (χ2n) is 6.56. The third-order valence-corrected chi connectivity index (χ3v) is 4.46. The number of carbonyl (C=O) groups excluding carboxylic acids is 1. The summed E-state index contributed by atoms with van der Waals surface area (Å²) in [6, 6.07) is 16.1. The topological polar surface area (TPSA) is 104 Å². The molecular formula is C22H21N5O4. The summed E-state index contributed by atoms with van der Waals surface area (Å²) in [6.45, 7) is 2.76. The van der Waals surface area contributed by atoms with Crippen molar-refractivity contribution in [3.63, 3.8) is 0 Å². The maximum atomic E-state index is 12.3. The van der Waals surface area contributed by atoms with Crippen LogP contribution in [0.15, 0.2) is 65.2 Å². The second-order valence-corrected chi connectivity index (χ2v) is 6.56. The first-order valence-corrected chi connectivity index (χ1v) is 9.69. The summed E-state index contributed by atoms with van der Waals surface area (Å²) < 4.78 is 18.2. The molecular weight excluding hydrogens is 398 g/mol. The van der Waals surface area contributed by atoms with Crippen molar-refractivity contribution in [1.29, 1.82) is 0 Å². The van der Waals surface area contributed by atoms with Crippen LogP contribution < -0.4 is 14.8 Å². The molecule has 0 aliphatic heterocycles. The number of carbonyl (C=O) groups is 1. The normalized spacial score (nSPS) is 10.6. The van der Waals surface area contributed by atoms with Gasteiger partial charge in [0.25, 0.3) is 11.8 Å². The van der Waals surface area contributed by atoms with Crippen LogP contribution in [0, 0.1) is 0 Å². The molecule has 0 fully saturated rings. The van der Waals surface area contributed by atoms with E-state index in [2.05, 4.69) is 20.6 Å². The van der Waals surface area contributed by atoms with Gasteiger partial charge in [0.2, 0.25) is 5.89 Å². The Kier molecular flexibility index (Phi) is 5.93. The molecule has 2 aromatic carbocycles. The number of rotatable bonds is 8. The van der Waals surface area contributed by atoms with Crippen molar-refractivity contribution in [3.05, 3.63) is 72.4 Å². The third kappa shape index (κ3) is 4.89. The van der Waals surface area contributed by atoms with E-state index in [0.29, 0.717) is 35.5 Å². The van der Waals surface area contributed by atoms with Crippen molar-refractivity contribution < 1.29 is 18.7 Å². The van der Waals surface area contributed by atoms with Crippen LogP contribution in [0.3, 0.4) is 0 Å². The zero-order valence-electron chi connectivity index (χ0n) is 17.1. The van der Waals surface area contributed by atoms with Crippen LogP contribution in [0.4, 0.5) is 5.69 Å². The molecule has 2 aromatic heterocycles. The van der Waals surface area contributed by atoms with Gasteiger partial charge in [0.15, 0.2) is 12.3 Å². The van der Waals surface area contributed by atoms with Crippen LogP contribution in [0.5, 0.6) is 11.5 Å². The lowest BCUT2D eigenvalue weighted by Crippen LogP contribution is -2.13. The minimum absolute atomic E-state index is 0.0987. The molecule has 1 amide bonds. The molecule has 9 heteroatoms. The van der Waals surface area contributed by atoms with E-state index in [4.69, 9.17) is 13.9 Å². The predicted octanol–water partition coefficient (Wildman–Crippen LogP) is 3.79. The fourth-order valence-corrected chi connectivity index (χ4v) is 2.82. The van der Waals surface area contributed by atoms with Crippen molar-refractivity contribution in [2.45, 2.75) is 20.1 Å². The fraction of sp³-hybridized carbons (Fsp3) is 0.182. The zero-order chi connectivity index (χ0) is 21.6. The summed E-state index contributed by atoms with van der Waals surface area (Å²) in [5.41, 5.74) is 1.73. The van der Waals surface area contributed by atoms with Crippen LogP contribution in [-0.4, -0.2) is 33.0 Å². The Morgan fingerprint density at radius 3 is 2.68 bits per heavy atom. The summed E-state index contributed by atoms with van der Waals surface area (Å²) in [5.74, 6) is 1.75. The highest BCUT2D eigenvalue weighted by Crippen LogP contribution is 2.23. The standard InChI is InChI=1S/C22H21N5O4/c1-3-27-12-11-19(26-27)21(28)23-16-5-4-6-18(13-16)30-14-20-24-25-22(31-20)15-7-9-17(29-2)10-8-15/h4-13H,3,14H2,1-2H3,(H,23,28). The van der Waals surface area contributed by atoms with Gasteiger partial charge in [0.1, 0.15) is 11.5 Å². The Hall–Kier alpha value is -4.14. The van der Waals surface area contributed by atoms with Gasteiger partial charge in [-0.15, -0.1) is 10.2 Å². The van der Waals surface area contributed by atoms with E-state index in [1.54, 1.807) is 48.3 Å². The number of benzene rings is 2. The lowest BCUT2D eigenvalue weighted by atomic mass is 10.2. The Labute approximate surface area is 178 Å². The lowest BCUT2D eigenvalue weighted by molar-refractivity contribution is 0.102. The molecule has 0 saturated carbocycles. The van der Waals surface area contributed by atoms with Crippen LogP contribution in [0.2, 0.25) is 0 Å². The molecule has 158 valence electrons. The Bertz CT molecular complexity index is 1170. The number of nitrogens with one attached hydrogen (secondary N) is 1. The molecule has 0 aliphatic carbocycles. The van der Waals surface area contributed by atoms with E-state index in [1.807, 2.05) is 31.2 Å². The number of ether oxygens (including phenoxy) is 2. The molecule has 1 N–H and O–H groups in total. The average Bonchev–Trinajstić information content (AvgIpc) is 3.48. The second kappa shape index (κ2) is 9.12. The van der Waals surface area contributed by atoms with Gasteiger partial charge in [-0.2, -0.15) is 5.10 Å². The molecule has 4 rings (SSSR count). The van der Waals surface area contributed by atoms with Crippen molar-refractivity contribution in [1.82, 2.24) is 20.0 Å². The minimum atomic E-state index is -0.287. The number of hydrogen-bond donors (Lipinski definition) is 1. The summed E-state index contributed by atoms with van der Waals surface area (Å²) in [6.07, 6.45) is 1.76. The largest absolute Gasteiger partial charge is 0.497 e. The zero-order valence-corrected chi connectivity index (χ0v) is 17.1. The molecule has 0 bridgehead atoms. The summed E-state index contributed by atoms with van der Waals surface area (Å²) >= 11 is 0. The maximum Gasteiger partial charge on any atom is 0.276 e. The monoisotopic (exact) mass is 419 g/mol. The highest BCUT2D eigenvalue weighted by molar-refractivity contribution is 6.02. The molecule has 0 aliphatic rings. The highest BCUT2D eigenvalue weighted by atomic mass is 16.5. The summed E-state index contributed by atoms with van der Waals surface area (Å²) in [4.78, 5) is 12.3. The van der Waals surface area contributed by atoms with E-state index in [1.165, 1.54) is 0 Å². The number of hydrogen-bond acceptors (Lipinski definition) is 7. The van der Waals surface area contributed by atoms with E-state index in [0.717, 1.165) is 11.3 Å². The number of aromatic nitrogens is 4. The van der Waals surface area contributed by atoms with E-state index < -0.39 is 0 Å². The first-order valence-electron chi connectivity index (χ1n) is 9.69. The smallest absolute Gasteiger partial charge is 0.276 e. The molecule has 0 atom stereocenters. The lowest BCUT2D eigenvalue weighted by Gasteiger charge is -2.07. The molecule has 2 heterocycles. The molecule has 4 aromatic rings. The van der Waals surface area contributed by atoms with Gasteiger partial charge in [0, 0.05) is 30.1 Å². The van der Waals surface area contributed by atoms with E-state index in [-0.39, 0.29) is 12.5 Å². The molecule has 0 spiro atoms. The molecule has 0 unspecified atom stereocenters.